The maximum absolute atomic E-state index is 12.0. The van der Waals surface area contributed by atoms with Gasteiger partial charge in [-0.1, -0.05) is 42.5 Å². The Labute approximate surface area is 167 Å². The SMILES string of the molecule is O=C(Nc1nc2cccc(-c3ccc(C=Cc4ccccn4)cc3)n2n1)C1CC1. The van der Waals surface area contributed by atoms with Gasteiger partial charge in [0.1, 0.15) is 0 Å². The van der Waals surface area contributed by atoms with Crippen molar-refractivity contribution in [3.8, 4) is 11.3 Å². The fourth-order valence-electron chi connectivity index (χ4n) is 3.16. The number of carbonyl (C=O) groups excluding carboxylic acids is 1. The molecule has 0 saturated heterocycles. The van der Waals surface area contributed by atoms with E-state index in [1.807, 2.05) is 48.6 Å². The zero-order valence-corrected chi connectivity index (χ0v) is 15.7. The number of nitrogens with one attached hydrogen (secondary N) is 1. The number of nitrogens with zero attached hydrogens (tertiary/aromatic N) is 4. The number of aromatic nitrogens is 4. The first-order chi connectivity index (χ1) is 14.3. The minimum Gasteiger partial charge on any atom is -0.293 e. The van der Waals surface area contributed by atoms with E-state index in [-0.39, 0.29) is 11.8 Å². The van der Waals surface area contributed by atoms with Crippen LogP contribution in [0.25, 0.3) is 29.1 Å². The molecule has 5 rings (SSSR count). The molecule has 1 aromatic carbocycles. The Bertz CT molecular complexity index is 1190. The third-order valence-corrected chi connectivity index (χ3v) is 4.88. The van der Waals surface area contributed by atoms with Gasteiger partial charge in [0.05, 0.1) is 11.4 Å². The highest BCUT2D eigenvalue weighted by Gasteiger charge is 2.30. The summed E-state index contributed by atoms with van der Waals surface area (Å²) in [5, 5.41) is 7.31. The second-order valence-electron chi connectivity index (χ2n) is 7.09. The maximum Gasteiger partial charge on any atom is 0.249 e. The molecule has 3 aromatic heterocycles. The molecule has 1 aliphatic carbocycles. The van der Waals surface area contributed by atoms with Gasteiger partial charge in [-0.2, -0.15) is 4.98 Å². The zero-order valence-electron chi connectivity index (χ0n) is 15.7. The number of pyridine rings is 2. The van der Waals surface area contributed by atoms with Gasteiger partial charge >= 0.3 is 0 Å². The van der Waals surface area contributed by atoms with Gasteiger partial charge in [-0.15, -0.1) is 5.10 Å². The number of hydrogen-bond donors (Lipinski definition) is 1. The topological polar surface area (TPSA) is 72.2 Å². The second kappa shape index (κ2) is 7.31. The number of anilines is 1. The largest absolute Gasteiger partial charge is 0.293 e. The molecule has 0 spiro atoms. The molecule has 1 amide bonds. The number of carbonyl (C=O) groups is 1. The Morgan fingerprint density at radius 2 is 1.86 bits per heavy atom. The van der Waals surface area contributed by atoms with Crippen molar-refractivity contribution in [2.45, 2.75) is 12.8 Å². The van der Waals surface area contributed by atoms with Gasteiger partial charge in [0.2, 0.25) is 11.9 Å². The van der Waals surface area contributed by atoms with Crippen molar-refractivity contribution in [1.82, 2.24) is 19.6 Å². The minimum absolute atomic E-state index is 0.00602. The van der Waals surface area contributed by atoms with Crippen molar-refractivity contribution >= 4 is 29.7 Å². The molecule has 0 atom stereocenters. The van der Waals surface area contributed by atoms with Crippen LogP contribution in [0.5, 0.6) is 0 Å². The third-order valence-electron chi connectivity index (χ3n) is 4.88. The Balaban J connectivity index is 1.40. The Morgan fingerprint density at radius 1 is 1.00 bits per heavy atom. The lowest BCUT2D eigenvalue weighted by Crippen LogP contribution is -2.14. The molecule has 1 aliphatic rings. The van der Waals surface area contributed by atoms with E-state index < -0.39 is 0 Å². The van der Waals surface area contributed by atoms with Crippen LogP contribution >= 0.6 is 0 Å². The molecule has 1 N–H and O–H groups in total. The van der Waals surface area contributed by atoms with E-state index in [0.29, 0.717) is 11.6 Å². The number of rotatable bonds is 5. The monoisotopic (exact) mass is 381 g/mol. The number of fused-ring (bicyclic) bond motifs is 1. The average Bonchev–Trinajstić information content (AvgIpc) is 3.53. The predicted octanol–water partition coefficient (Wildman–Crippen LogP) is 4.31. The first kappa shape index (κ1) is 17.3. The standard InChI is InChI=1S/C23H19N5O/c29-22(18-12-13-18)26-23-25-21-6-3-5-20(28(21)27-23)17-10-7-16(8-11-17)9-14-19-4-1-2-15-24-19/h1-11,14-15,18H,12-13H2,(H,26,27,29). The second-order valence-corrected chi connectivity index (χ2v) is 7.09. The summed E-state index contributed by atoms with van der Waals surface area (Å²) >= 11 is 0. The van der Waals surface area contributed by atoms with E-state index in [0.717, 1.165) is 35.4 Å². The molecule has 6 nitrogen and oxygen atoms in total. The van der Waals surface area contributed by atoms with Crippen molar-refractivity contribution in [2.75, 3.05) is 5.32 Å². The summed E-state index contributed by atoms with van der Waals surface area (Å²) in [5.41, 5.74) is 4.65. The van der Waals surface area contributed by atoms with E-state index in [2.05, 4.69) is 44.6 Å². The number of hydrogen-bond acceptors (Lipinski definition) is 4. The van der Waals surface area contributed by atoms with E-state index in [9.17, 15) is 4.79 Å². The van der Waals surface area contributed by atoms with Gasteiger partial charge in [-0.25, -0.2) is 4.52 Å². The van der Waals surface area contributed by atoms with Crippen molar-refractivity contribution in [3.05, 3.63) is 78.1 Å². The van der Waals surface area contributed by atoms with Crippen LogP contribution in [0.3, 0.4) is 0 Å². The van der Waals surface area contributed by atoms with Crippen LogP contribution in [0, 0.1) is 5.92 Å². The maximum atomic E-state index is 12.0. The van der Waals surface area contributed by atoms with Crippen molar-refractivity contribution in [3.63, 3.8) is 0 Å². The lowest BCUT2D eigenvalue weighted by molar-refractivity contribution is -0.117. The van der Waals surface area contributed by atoms with Crippen LogP contribution in [-0.2, 0) is 4.79 Å². The molecule has 1 fully saturated rings. The van der Waals surface area contributed by atoms with E-state index in [1.54, 1.807) is 10.7 Å². The van der Waals surface area contributed by atoms with Gasteiger partial charge in [0.15, 0.2) is 5.65 Å². The summed E-state index contributed by atoms with van der Waals surface area (Å²) in [6.45, 7) is 0. The lowest BCUT2D eigenvalue weighted by atomic mass is 10.1. The Hall–Kier alpha value is -3.80. The molecule has 3 heterocycles. The van der Waals surface area contributed by atoms with Gasteiger partial charge in [0.25, 0.3) is 0 Å². The van der Waals surface area contributed by atoms with Gasteiger partial charge in [-0.05, 0) is 48.7 Å². The van der Waals surface area contributed by atoms with Gasteiger partial charge in [0, 0.05) is 17.7 Å². The summed E-state index contributed by atoms with van der Waals surface area (Å²) in [5.74, 6) is 0.475. The van der Waals surface area contributed by atoms with Crippen LogP contribution < -0.4 is 5.32 Å². The quantitative estimate of drug-likeness (QED) is 0.559. The summed E-state index contributed by atoms with van der Waals surface area (Å²) in [7, 11) is 0. The lowest BCUT2D eigenvalue weighted by Gasteiger charge is -2.04. The molecule has 1 saturated carbocycles. The van der Waals surface area contributed by atoms with Crippen molar-refractivity contribution in [1.29, 1.82) is 0 Å². The first-order valence-electron chi connectivity index (χ1n) is 9.62. The minimum atomic E-state index is 0.00602. The zero-order chi connectivity index (χ0) is 19.6. The number of benzene rings is 1. The molecule has 142 valence electrons. The summed E-state index contributed by atoms with van der Waals surface area (Å²) in [6.07, 6.45) is 7.70. The van der Waals surface area contributed by atoms with E-state index in [1.165, 1.54) is 0 Å². The molecule has 4 aromatic rings. The molecule has 6 heteroatoms. The van der Waals surface area contributed by atoms with Gasteiger partial charge in [-0.3, -0.25) is 15.1 Å². The third kappa shape index (κ3) is 3.78. The van der Waals surface area contributed by atoms with Crippen LogP contribution in [0.15, 0.2) is 66.9 Å². The Kier molecular flexibility index (Phi) is 4.37. The van der Waals surface area contributed by atoms with Crippen LogP contribution in [0.4, 0.5) is 5.95 Å². The fraction of sp³-hybridized carbons (Fsp3) is 0.130. The van der Waals surface area contributed by atoms with Crippen LogP contribution in [0.2, 0.25) is 0 Å². The molecule has 29 heavy (non-hydrogen) atoms. The molecule has 0 aliphatic heterocycles. The Morgan fingerprint density at radius 3 is 2.62 bits per heavy atom. The normalized spacial score (nSPS) is 13.8. The van der Waals surface area contributed by atoms with Gasteiger partial charge < -0.3 is 0 Å². The molecule has 0 unspecified atom stereocenters. The molecular weight excluding hydrogens is 362 g/mol. The first-order valence-corrected chi connectivity index (χ1v) is 9.62. The van der Waals surface area contributed by atoms with E-state index >= 15 is 0 Å². The van der Waals surface area contributed by atoms with Crippen molar-refractivity contribution < 1.29 is 4.79 Å². The molecule has 0 bridgehead atoms. The highest BCUT2D eigenvalue weighted by Crippen LogP contribution is 2.30. The van der Waals surface area contributed by atoms with Crippen molar-refractivity contribution in [2.24, 2.45) is 5.92 Å². The summed E-state index contributed by atoms with van der Waals surface area (Å²) in [4.78, 5) is 20.7. The highest BCUT2D eigenvalue weighted by atomic mass is 16.2. The molecule has 0 radical (unpaired) electrons. The average molecular weight is 381 g/mol. The van der Waals surface area contributed by atoms with E-state index in [4.69, 9.17) is 0 Å². The predicted molar refractivity (Wildman–Crippen MR) is 113 cm³/mol. The summed E-state index contributed by atoms with van der Waals surface area (Å²) < 4.78 is 1.77. The highest BCUT2D eigenvalue weighted by molar-refractivity contribution is 5.92. The summed E-state index contributed by atoms with van der Waals surface area (Å²) in [6, 6.07) is 19.9. The van der Waals surface area contributed by atoms with Crippen LogP contribution in [-0.4, -0.2) is 25.5 Å². The molecular formula is C23H19N5O. The van der Waals surface area contributed by atoms with Crippen LogP contribution in [0.1, 0.15) is 24.1 Å². The number of amides is 1. The smallest absolute Gasteiger partial charge is 0.249 e. The fourth-order valence-corrected chi connectivity index (χ4v) is 3.16.